The van der Waals surface area contributed by atoms with Gasteiger partial charge in [0.15, 0.2) is 0 Å². The van der Waals surface area contributed by atoms with Crippen molar-refractivity contribution < 1.29 is 38.5 Å². The molecule has 0 aliphatic heterocycles. The minimum atomic E-state index is -0.989. The second kappa shape index (κ2) is 21.8. The lowest BCUT2D eigenvalue weighted by atomic mass is 9.98. The molecule has 11 heteroatoms. The fourth-order valence-electron chi connectivity index (χ4n) is 6.79. The van der Waals surface area contributed by atoms with Crippen molar-refractivity contribution in [3.05, 3.63) is 151 Å². The van der Waals surface area contributed by atoms with Crippen molar-refractivity contribution in [3.63, 3.8) is 0 Å². The first-order chi connectivity index (χ1) is 27.8. The maximum atomic E-state index is 13.1. The summed E-state index contributed by atoms with van der Waals surface area (Å²) in [7, 11) is 0. The zero-order chi connectivity index (χ0) is 40.4. The number of allylic oxidation sites excluding steroid dienone is 2. The maximum Gasteiger partial charge on any atom is 0.407 e. The normalized spacial score (nSPS) is 13.1. The number of esters is 1. The van der Waals surface area contributed by atoms with Crippen molar-refractivity contribution in [1.29, 1.82) is 0 Å². The number of amides is 3. The molecule has 298 valence electrons. The highest BCUT2D eigenvalue weighted by atomic mass is 16.6. The van der Waals surface area contributed by atoms with E-state index in [2.05, 4.69) is 41.2 Å². The molecule has 5 rings (SSSR count). The van der Waals surface area contributed by atoms with Crippen LogP contribution in [0.2, 0.25) is 0 Å². The summed E-state index contributed by atoms with van der Waals surface area (Å²) < 4.78 is 16.9. The van der Waals surface area contributed by atoms with Crippen LogP contribution in [0.3, 0.4) is 0 Å². The molecule has 0 fully saturated rings. The van der Waals surface area contributed by atoms with Gasteiger partial charge in [-0.05, 0) is 71.2 Å². The van der Waals surface area contributed by atoms with E-state index in [1.807, 2.05) is 91.0 Å². The summed E-state index contributed by atoms with van der Waals surface area (Å²) in [5.41, 5.74) is 6.32. The van der Waals surface area contributed by atoms with Gasteiger partial charge in [-0.2, -0.15) is 0 Å². The Morgan fingerprint density at radius 3 is 2.09 bits per heavy atom. The van der Waals surface area contributed by atoms with Crippen molar-refractivity contribution in [3.8, 4) is 16.9 Å². The van der Waals surface area contributed by atoms with Gasteiger partial charge in [-0.3, -0.25) is 9.59 Å². The standard InChI is InChI=1S/C46H51N3O8/c1-3-5-20-42(49-46(54)57-31-41-39-18-11-9-16-37(39)38-17-10-12-19-40(38)41)45(53)55-26-25-47-44(52)34(13-4-2)28-43(51)48-35(29-50)27-32-21-23-36(24-22-32)56-30-33-14-7-6-8-15-33/h3-4,6-12,14-19,21-24,34-35,41-42,50H,1-2,5,13,20,25-31H2,(H,47,52)(H,48,51)(H,49,54)/t34-,35+,42+/m1/s1. The first kappa shape index (κ1) is 42.0. The number of carbonyl (C=O) groups excluding carboxylic acids is 4. The van der Waals surface area contributed by atoms with E-state index < -0.39 is 41.9 Å². The average molecular weight is 774 g/mol. The molecule has 3 atom stereocenters. The number of hydrogen-bond acceptors (Lipinski definition) is 8. The van der Waals surface area contributed by atoms with Gasteiger partial charge in [-0.1, -0.05) is 103 Å². The monoisotopic (exact) mass is 773 g/mol. The van der Waals surface area contributed by atoms with E-state index in [9.17, 15) is 24.3 Å². The van der Waals surface area contributed by atoms with Crippen molar-refractivity contribution in [2.75, 3.05) is 26.4 Å². The van der Waals surface area contributed by atoms with Crippen molar-refractivity contribution in [2.45, 2.75) is 56.7 Å². The van der Waals surface area contributed by atoms with E-state index in [-0.39, 0.29) is 51.5 Å². The predicted molar refractivity (Wildman–Crippen MR) is 218 cm³/mol. The Labute approximate surface area is 334 Å². The molecule has 0 aromatic heterocycles. The van der Waals surface area contributed by atoms with Crippen LogP contribution in [0.4, 0.5) is 4.79 Å². The number of hydrogen-bond donors (Lipinski definition) is 4. The van der Waals surface area contributed by atoms with E-state index in [1.54, 1.807) is 12.2 Å². The molecule has 0 bridgehead atoms. The number of fused-ring (bicyclic) bond motifs is 3. The van der Waals surface area contributed by atoms with Crippen LogP contribution < -0.4 is 20.7 Å². The summed E-state index contributed by atoms with van der Waals surface area (Å²) >= 11 is 0. The van der Waals surface area contributed by atoms with Gasteiger partial charge < -0.3 is 35.3 Å². The zero-order valence-electron chi connectivity index (χ0n) is 32.1. The van der Waals surface area contributed by atoms with Gasteiger partial charge in [0.05, 0.1) is 25.1 Å². The van der Waals surface area contributed by atoms with Crippen LogP contribution in [0.1, 0.15) is 53.9 Å². The highest BCUT2D eigenvalue weighted by Gasteiger charge is 2.30. The number of nitrogens with one attached hydrogen (secondary N) is 3. The number of rotatable bonds is 22. The maximum absolute atomic E-state index is 13.1. The molecule has 1 aliphatic carbocycles. The third-order valence-electron chi connectivity index (χ3n) is 9.72. The molecule has 0 radical (unpaired) electrons. The zero-order valence-corrected chi connectivity index (χ0v) is 32.1. The molecule has 57 heavy (non-hydrogen) atoms. The number of benzene rings is 4. The first-order valence-corrected chi connectivity index (χ1v) is 19.2. The van der Waals surface area contributed by atoms with Gasteiger partial charge in [-0.15, -0.1) is 13.2 Å². The van der Waals surface area contributed by atoms with Gasteiger partial charge in [0.1, 0.15) is 31.6 Å². The molecule has 4 N–H and O–H groups in total. The molecule has 0 unspecified atom stereocenters. The van der Waals surface area contributed by atoms with Crippen LogP contribution in [-0.2, 0) is 36.9 Å². The second-order valence-corrected chi connectivity index (χ2v) is 13.8. The summed E-state index contributed by atoms with van der Waals surface area (Å²) in [5.74, 6) is -1.63. The number of ether oxygens (including phenoxy) is 3. The summed E-state index contributed by atoms with van der Waals surface area (Å²) in [4.78, 5) is 52.0. The number of aliphatic hydroxyl groups is 1. The number of alkyl carbamates (subject to hydrolysis) is 1. The van der Waals surface area contributed by atoms with Crippen LogP contribution in [0, 0.1) is 5.92 Å². The van der Waals surface area contributed by atoms with Gasteiger partial charge in [-0.25, -0.2) is 9.59 Å². The van der Waals surface area contributed by atoms with Crippen LogP contribution in [-0.4, -0.2) is 67.4 Å². The Morgan fingerprint density at radius 2 is 1.44 bits per heavy atom. The first-order valence-electron chi connectivity index (χ1n) is 19.2. The predicted octanol–water partition coefficient (Wildman–Crippen LogP) is 6.40. The van der Waals surface area contributed by atoms with E-state index >= 15 is 0 Å². The van der Waals surface area contributed by atoms with Gasteiger partial charge in [0.2, 0.25) is 11.8 Å². The van der Waals surface area contributed by atoms with Crippen LogP contribution in [0.25, 0.3) is 11.1 Å². The van der Waals surface area contributed by atoms with Crippen molar-refractivity contribution in [1.82, 2.24) is 16.0 Å². The Kier molecular flexibility index (Phi) is 16.0. The Bertz CT molecular complexity index is 1920. The topological polar surface area (TPSA) is 152 Å². The molecule has 0 saturated carbocycles. The van der Waals surface area contributed by atoms with E-state index in [0.29, 0.717) is 25.2 Å². The molecular weight excluding hydrogens is 723 g/mol. The summed E-state index contributed by atoms with van der Waals surface area (Å²) in [5, 5.41) is 18.2. The molecule has 11 nitrogen and oxygen atoms in total. The lowest BCUT2D eigenvalue weighted by Gasteiger charge is -2.20. The average Bonchev–Trinajstić information content (AvgIpc) is 3.56. The quantitative estimate of drug-likeness (QED) is 0.0407. The highest BCUT2D eigenvalue weighted by molar-refractivity contribution is 5.86. The molecule has 3 amide bonds. The van der Waals surface area contributed by atoms with Gasteiger partial charge in [0.25, 0.3) is 0 Å². The van der Waals surface area contributed by atoms with Crippen molar-refractivity contribution >= 4 is 23.9 Å². The number of aliphatic hydroxyl groups excluding tert-OH is 1. The van der Waals surface area contributed by atoms with E-state index in [0.717, 1.165) is 33.4 Å². The Morgan fingerprint density at radius 1 is 0.772 bits per heavy atom. The Hall–Kier alpha value is -6.20. The third-order valence-corrected chi connectivity index (χ3v) is 9.72. The molecule has 0 heterocycles. The smallest absolute Gasteiger partial charge is 0.407 e. The molecule has 4 aromatic carbocycles. The molecule has 1 aliphatic rings. The highest BCUT2D eigenvalue weighted by Crippen LogP contribution is 2.44. The molecule has 0 saturated heterocycles. The molecule has 4 aromatic rings. The minimum Gasteiger partial charge on any atom is -0.489 e. The second-order valence-electron chi connectivity index (χ2n) is 13.8. The van der Waals surface area contributed by atoms with Crippen LogP contribution >= 0.6 is 0 Å². The summed E-state index contributed by atoms with van der Waals surface area (Å²) in [6.07, 6.45) is 3.63. The fourth-order valence-corrected chi connectivity index (χ4v) is 6.79. The van der Waals surface area contributed by atoms with Crippen molar-refractivity contribution in [2.24, 2.45) is 5.92 Å². The van der Waals surface area contributed by atoms with Crippen LogP contribution in [0.15, 0.2) is 128 Å². The van der Waals surface area contributed by atoms with Crippen LogP contribution in [0.5, 0.6) is 5.75 Å². The fraction of sp³-hybridized carbons (Fsp3) is 0.304. The molecule has 0 spiro atoms. The number of carbonyl (C=O) groups is 4. The minimum absolute atomic E-state index is 0.0106. The van der Waals surface area contributed by atoms with Gasteiger partial charge in [0, 0.05) is 12.3 Å². The lowest BCUT2D eigenvalue weighted by Crippen LogP contribution is -2.43. The molecular formula is C46H51N3O8. The van der Waals surface area contributed by atoms with Gasteiger partial charge >= 0.3 is 12.1 Å². The largest absolute Gasteiger partial charge is 0.489 e. The summed E-state index contributed by atoms with van der Waals surface area (Å²) in [6, 6.07) is 31.8. The Balaban J connectivity index is 1.04. The summed E-state index contributed by atoms with van der Waals surface area (Å²) in [6.45, 7) is 7.52. The van der Waals surface area contributed by atoms with E-state index in [1.165, 1.54) is 0 Å². The SMILES string of the molecule is C=CCC[C@H](NC(=O)OCC1c2ccccc2-c2ccccc21)C(=O)OCCNC(=O)[C@H](CC=C)CC(=O)N[C@H](CO)Cc1ccc(OCc2ccccc2)cc1. The third kappa shape index (κ3) is 12.4. The van der Waals surface area contributed by atoms with E-state index in [4.69, 9.17) is 14.2 Å². The lowest BCUT2D eigenvalue weighted by molar-refractivity contribution is -0.146.